The number of rotatable bonds is 3. The third-order valence-corrected chi connectivity index (χ3v) is 3.38. The molecule has 1 aromatic heterocycles. The lowest BCUT2D eigenvalue weighted by atomic mass is 10.3. The van der Waals surface area contributed by atoms with Crippen LogP contribution in [0.4, 0.5) is 0 Å². The Hall–Kier alpha value is -1.63. The first-order valence-corrected chi connectivity index (χ1v) is 6.84. The lowest BCUT2D eigenvalue weighted by Crippen LogP contribution is -2.47. The van der Waals surface area contributed by atoms with E-state index in [1.165, 1.54) is 0 Å². The normalized spacial score (nSPS) is 19.1. The zero-order valence-corrected chi connectivity index (χ0v) is 11.5. The number of carbonyl (C=O) groups is 1. The van der Waals surface area contributed by atoms with Crippen LogP contribution in [0.25, 0.3) is 11.0 Å². The van der Waals surface area contributed by atoms with Crippen molar-refractivity contribution in [3.05, 3.63) is 29.0 Å². The Balaban J connectivity index is 1.63. The van der Waals surface area contributed by atoms with Crippen molar-refractivity contribution in [3.63, 3.8) is 0 Å². The molecule has 6 nitrogen and oxygen atoms in total. The average Bonchev–Trinajstić information content (AvgIpc) is 2.87. The van der Waals surface area contributed by atoms with Crippen LogP contribution in [0.3, 0.4) is 0 Å². The molecule has 20 heavy (non-hydrogen) atoms. The largest absolute Gasteiger partial charge is 0.366 e. The quantitative estimate of drug-likeness (QED) is 0.783. The van der Waals surface area contributed by atoms with Crippen LogP contribution in [-0.4, -0.2) is 41.7 Å². The molecule has 106 valence electrons. The zero-order chi connectivity index (χ0) is 13.9. The van der Waals surface area contributed by atoms with E-state index >= 15 is 0 Å². The second-order valence-electron chi connectivity index (χ2n) is 4.63. The highest BCUT2D eigenvalue weighted by atomic mass is 35.5. The maximum Gasteiger partial charge on any atom is 0.250 e. The summed E-state index contributed by atoms with van der Waals surface area (Å²) in [5.74, 6) is 0.565. The summed E-state index contributed by atoms with van der Waals surface area (Å²) in [6.07, 6.45) is -0.428. The molecule has 3 N–H and O–H groups in total. The predicted molar refractivity (Wildman–Crippen MR) is 75.6 cm³/mol. The number of halogens is 1. The van der Waals surface area contributed by atoms with Gasteiger partial charge in [0.05, 0.1) is 24.2 Å². The van der Waals surface area contributed by atoms with Crippen LogP contribution in [-0.2, 0) is 16.1 Å². The number of morpholine rings is 1. The number of ether oxygens (including phenoxy) is 1. The van der Waals surface area contributed by atoms with Crippen molar-refractivity contribution in [2.24, 2.45) is 0 Å². The van der Waals surface area contributed by atoms with Gasteiger partial charge in [-0.2, -0.15) is 0 Å². The summed E-state index contributed by atoms with van der Waals surface area (Å²) < 4.78 is 5.38. The lowest BCUT2D eigenvalue weighted by Gasteiger charge is -2.22. The molecule has 0 aliphatic carbocycles. The Kier molecular flexibility index (Phi) is 3.86. The van der Waals surface area contributed by atoms with E-state index in [1.807, 2.05) is 12.1 Å². The van der Waals surface area contributed by atoms with Gasteiger partial charge in [0.25, 0.3) is 5.91 Å². The van der Waals surface area contributed by atoms with Gasteiger partial charge in [0.1, 0.15) is 11.9 Å². The van der Waals surface area contributed by atoms with Gasteiger partial charge in [-0.3, -0.25) is 4.79 Å². The smallest absolute Gasteiger partial charge is 0.250 e. The van der Waals surface area contributed by atoms with Crippen molar-refractivity contribution in [1.82, 2.24) is 20.6 Å². The number of hydrogen-bond acceptors (Lipinski definition) is 4. The number of carbonyl (C=O) groups excluding carboxylic acids is 1. The van der Waals surface area contributed by atoms with Crippen molar-refractivity contribution in [2.75, 3.05) is 19.7 Å². The Morgan fingerprint density at radius 1 is 1.55 bits per heavy atom. The second kappa shape index (κ2) is 5.78. The zero-order valence-electron chi connectivity index (χ0n) is 10.8. The molecule has 0 radical (unpaired) electrons. The van der Waals surface area contributed by atoms with Gasteiger partial charge >= 0.3 is 0 Å². The van der Waals surface area contributed by atoms with E-state index in [1.54, 1.807) is 6.07 Å². The minimum absolute atomic E-state index is 0.129. The number of fused-ring (bicyclic) bond motifs is 1. The topological polar surface area (TPSA) is 79.0 Å². The van der Waals surface area contributed by atoms with E-state index in [4.69, 9.17) is 16.3 Å². The van der Waals surface area contributed by atoms with Crippen LogP contribution in [0.5, 0.6) is 0 Å². The van der Waals surface area contributed by atoms with Crippen LogP contribution in [0.1, 0.15) is 5.82 Å². The van der Waals surface area contributed by atoms with E-state index in [9.17, 15) is 4.79 Å². The van der Waals surface area contributed by atoms with Crippen LogP contribution in [0.2, 0.25) is 5.02 Å². The molecule has 3 rings (SSSR count). The van der Waals surface area contributed by atoms with Gasteiger partial charge in [0.15, 0.2) is 0 Å². The van der Waals surface area contributed by atoms with Gasteiger partial charge in [0, 0.05) is 18.1 Å². The number of nitrogens with one attached hydrogen (secondary N) is 3. The Morgan fingerprint density at radius 3 is 3.25 bits per heavy atom. The highest BCUT2D eigenvalue weighted by molar-refractivity contribution is 6.31. The summed E-state index contributed by atoms with van der Waals surface area (Å²) in [6, 6.07) is 5.44. The SMILES string of the molecule is O=C(NCc1nc2ccc(Cl)cc2[nH]1)[C@@H]1CNCCO1. The minimum atomic E-state index is -0.428. The third-order valence-electron chi connectivity index (χ3n) is 3.14. The average molecular weight is 295 g/mol. The van der Waals surface area contributed by atoms with Gasteiger partial charge in [-0.1, -0.05) is 11.6 Å². The first-order valence-electron chi connectivity index (χ1n) is 6.46. The number of benzene rings is 1. The number of hydrogen-bond donors (Lipinski definition) is 3. The van der Waals surface area contributed by atoms with Gasteiger partial charge in [-0.25, -0.2) is 4.98 Å². The number of aromatic amines is 1. The molecule has 2 heterocycles. The standard InChI is InChI=1S/C13H15ClN4O2/c14-8-1-2-9-10(5-8)18-12(17-9)7-16-13(19)11-6-15-3-4-20-11/h1-2,5,11,15H,3-4,6-7H2,(H,16,19)(H,17,18)/t11-/m0/s1. The summed E-state index contributed by atoms with van der Waals surface area (Å²) in [5.41, 5.74) is 1.69. The molecule has 1 aromatic carbocycles. The highest BCUT2D eigenvalue weighted by Gasteiger charge is 2.21. The second-order valence-corrected chi connectivity index (χ2v) is 5.06. The summed E-state index contributed by atoms with van der Waals surface area (Å²) >= 11 is 5.92. The van der Waals surface area contributed by atoms with E-state index < -0.39 is 6.10 Å². The molecule has 0 spiro atoms. The molecule has 1 atom stereocenters. The Labute approximate surface area is 120 Å². The van der Waals surface area contributed by atoms with Crippen molar-refractivity contribution in [2.45, 2.75) is 12.6 Å². The molecular formula is C13H15ClN4O2. The number of amides is 1. The van der Waals surface area contributed by atoms with Gasteiger partial charge in [-0.15, -0.1) is 0 Å². The number of H-pyrrole nitrogens is 1. The summed E-state index contributed by atoms with van der Waals surface area (Å²) in [7, 11) is 0. The van der Waals surface area contributed by atoms with Crippen LogP contribution >= 0.6 is 11.6 Å². The maximum atomic E-state index is 11.9. The number of aromatic nitrogens is 2. The molecule has 7 heteroatoms. The van der Waals surface area contributed by atoms with E-state index in [2.05, 4.69) is 20.6 Å². The first-order chi connectivity index (χ1) is 9.72. The number of nitrogens with zero attached hydrogens (tertiary/aromatic N) is 1. The summed E-state index contributed by atoms with van der Waals surface area (Å²) in [6.45, 7) is 2.22. The molecule has 2 aromatic rings. The molecule has 1 aliphatic heterocycles. The molecule has 1 saturated heterocycles. The van der Waals surface area contributed by atoms with Crippen molar-refractivity contribution in [1.29, 1.82) is 0 Å². The van der Waals surface area contributed by atoms with E-state index in [-0.39, 0.29) is 5.91 Å². The molecule has 1 fully saturated rings. The van der Waals surface area contributed by atoms with Crippen LogP contribution < -0.4 is 10.6 Å². The maximum absolute atomic E-state index is 11.9. The summed E-state index contributed by atoms with van der Waals surface area (Å²) in [5, 5.41) is 6.58. The fourth-order valence-corrected chi connectivity index (χ4v) is 2.31. The minimum Gasteiger partial charge on any atom is -0.366 e. The molecule has 1 amide bonds. The predicted octanol–water partition coefficient (Wildman–Crippen LogP) is 0.821. The fraction of sp³-hybridized carbons (Fsp3) is 0.385. The van der Waals surface area contributed by atoms with Crippen molar-refractivity contribution in [3.8, 4) is 0 Å². The molecular weight excluding hydrogens is 280 g/mol. The van der Waals surface area contributed by atoms with Gasteiger partial charge < -0.3 is 20.4 Å². The van der Waals surface area contributed by atoms with Crippen molar-refractivity contribution >= 4 is 28.5 Å². The fourth-order valence-electron chi connectivity index (χ4n) is 2.14. The molecule has 0 saturated carbocycles. The Bertz CT molecular complexity index is 622. The first kappa shape index (κ1) is 13.4. The van der Waals surface area contributed by atoms with Crippen molar-refractivity contribution < 1.29 is 9.53 Å². The van der Waals surface area contributed by atoms with E-state index in [0.29, 0.717) is 30.5 Å². The third kappa shape index (κ3) is 2.92. The monoisotopic (exact) mass is 294 g/mol. The molecule has 1 aliphatic rings. The summed E-state index contributed by atoms with van der Waals surface area (Å²) in [4.78, 5) is 19.4. The lowest BCUT2D eigenvalue weighted by molar-refractivity contribution is -0.134. The van der Waals surface area contributed by atoms with Gasteiger partial charge in [0.2, 0.25) is 0 Å². The number of imidazole rings is 1. The van der Waals surface area contributed by atoms with E-state index in [0.717, 1.165) is 17.6 Å². The van der Waals surface area contributed by atoms with Crippen LogP contribution in [0, 0.1) is 0 Å². The molecule has 0 unspecified atom stereocenters. The molecule has 0 bridgehead atoms. The van der Waals surface area contributed by atoms with Crippen LogP contribution in [0.15, 0.2) is 18.2 Å². The Morgan fingerprint density at radius 2 is 2.45 bits per heavy atom. The van der Waals surface area contributed by atoms with Gasteiger partial charge in [-0.05, 0) is 18.2 Å². The highest BCUT2D eigenvalue weighted by Crippen LogP contribution is 2.17.